The fourth-order valence-corrected chi connectivity index (χ4v) is 2.83. The van der Waals surface area contributed by atoms with E-state index >= 15 is 0 Å². The number of fused-ring (bicyclic) bond motifs is 1. The van der Waals surface area contributed by atoms with Gasteiger partial charge in [0.2, 0.25) is 0 Å². The van der Waals surface area contributed by atoms with Crippen LogP contribution in [0.4, 0.5) is 0 Å². The van der Waals surface area contributed by atoms with Crippen molar-refractivity contribution in [1.82, 2.24) is 4.57 Å². The van der Waals surface area contributed by atoms with Gasteiger partial charge in [-0.05, 0) is 36.8 Å². The van der Waals surface area contributed by atoms with E-state index in [0.29, 0.717) is 12.0 Å². The van der Waals surface area contributed by atoms with Crippen LogP contribution in [0.3, 0.4) is 0 Å². The highest BCUT2D eigenvalue weighted by atomic mass is 16.5. The van der Waals surface area contributed by atoms with Crippen LogP contribution in [0.1, 0.15) is 50.0 Å². The van der Waals surface area contributed by atoms with E-state index in [2.05, 4.69) is 30.7 Å². The highest BCUT2D eigenvalue weighted by molar-refractivity contribution is 5.29. The minimum atomic E-state index is 0.232. The second-order valence-electron chi connectivity index (χ2n) is 5.39. The predicted molar refractivity (Wildman–Crippen MR) is 70.0 cm³/mol. The number of ether oxygens (including phenoxy) is 1. The van der Waals surface area contributed by atoms with Crippen LogP contribution in [0.5, 0.6) is 0 Å². The first-order chi connectivity index (χ1) is 8.15. The van der Waals surface area contributed by atoms with Gasteiger partial charge in [0, 0.05) is 25.0 Å². The van der Waals surface area contributed by atoms with Gasteiger partial charge in [-0.25, -0.2) is 0 Å². The van der Waals surface area contributed by atoms with Crippen LogP contribution < -0.4 is 5.73 Å². The Kier molecular flexibility index (Phi) is 3.89. The third-order valence-corrected chi connectivity index (χ3v) is 3.85. The second kappa shape index (κ2) is 5.23. The topological polar surface area (TPSA) is 40.2 Å². The Bertz CT molecular complexity index is 370. The van der Waals surface area contributed by atoms with Crippen LogP contribution in [-0.4, -0.2) is 18.3 Å². The lowest BCUT2D eigenvalue weighted by Gasteiger charge is -2.27. The standard InChI is InChI=1S/C14H24N2O/c1-10(2)14(9-17-3)16-8-7-11-12(15)5-4-6-13(11)16/h7-8,10,12,14H,4-6,9,15H2,1-3H3. The Morgan fingerprint density at radius 2 is 2.29 bits per heavy atom. The molecule has 2 unspecified atom stereocenters. The molecule has 2 rings (SSSR count). The lowest BCUT2D eigenvalue weighted by molar-refractivity contribution is 0.131. The monoisotopic (exact) mass is 236 g/mol. The van der Waals surface area contributed by atoms with Crippen LogP contribution in [0.25, 0.3) is 0 Å². The van der Waals surface area contributed by atoms with E-state index in [1.54, 1.807) is 7.11 Å². The SMILES string of the molecule is COCC(C(C)C)n1ccc2c1CCCC2N. The van der Waals surface area contributed by atoms with E-state index in [-0.39, 0.29) is 6.04 Å². The molecule has 2 atom stereocenters. The molecule has 0 spiro atoms. The van der Waals surface area contributed by atoms with Gasteiger partial charge in [0.15, 0.2) is 0 Å². The number of rotatable bonds is 4. The van der Waals surface area contributed by atoms with Gasteiger partial charge in [-0.1, -0.05) is 13.8 Å². The van der Waals surface area contributed by atoms with Crippen molar-refractivity contribution in [3.8, 4) is 0 Å². The number of nitrogens with two attached hydrogens (primary N) is 1. The molecule has 1 aromatic rings. The summed E-state index contributed by atoms with van der Waals surface area (Å²) in [7, 11) is 1.77. The molecule has 1 aromatic heterocycles. The van der Waals surface area contributed by atoms with Crippen molar-refractivity contribution in [3.05, 3.63) is 23.5 Å². The third-order valence-electron chi connectivity index (χ3n) is 3.85. The molecule has 0 amide bonds. The van der Waals surface area contributed by atoms with Gasteiger partial charge < -0.3 is 15.0 Å². The lowest BCUT2D eigenvalue weighted by atomic mass is 9.93. The van der Waals surface area contributed by atoms with E-state index in [1.165, 1.54) is 17.7 Å². The first kappa shape index (κ1) is 12.7. The van der Waals surface area contributed by atoms with Crippen LogP contribution in [0, 0.1) is 5.92 Å². The normalized spacial score (nSPS) is 21.6. The van der Waals surface area contributed by atoms with E-state index in [4.69, 9.17) is 10.5 Å². The predicted octanol–water partition coefficient (Wildman–Crippen LogP) is 2.67. The highest BCUT2D eigenvalue weighted by Crippen LogP contribution is 2.32. The van der Waals surface area contributed by atoms with Crippen molar-refractivity contribution < 1.29 is 4.74 Å². The zero-order valence-corrected chi connectivity index (χ0v) is 11.1. The molecule has 0 saturated heterocycles. The molecule has 0 fully saturated rings. The van der Waals surface area contributed by atoms with Crippen molar-refractivity contribution >= 4 is 0 Å². The summed E-state index contributed by atoms with van der Waals surface area (Å²) in [4.78, 5) is 0. The quantitative estimate of drug-likeness (QED) is 0.873. The summed E-state index contributed by atoms with van der Waals surface area (Å²) in [5, 5.41) is 0. The Morgan fingerprint density at radius 3 is 2.94 bits per heavy atom. The van der Waals surface area contributed by atoms with Gasteiger partial charge in [-0.3, -0.25) is 0 Å². The molecule has 1 aliphatic rings. The molecule has 0 saturated carbocycles. The van der Waals surface area contributed by atoms with E-state index in [1.807, 2.05) is 0 Å². The molecule has 0 aliphatic heterocycles. The minimum Gasteiger partial charge on any atom is -0.383 e. The van der Waals surface area contributed by atoms with Gasteiger partial charge in [0.25, 0.3) is 0 Å². The Morgan fingerprint density at radius 1 is 1.53 bits per heavy atom. The van der Waals surface area contributed by atoms with Crippen molar-refractivity contribution in [2.75, 3.05) is 13.7 Å². The number of methoxy groups -OCH3 is 1. The second-order valence-corrected chi connectivity index (χ2v) is 5.39. The molecular weight excluding hydrogens is 212 g/mol. The largest absolute Gasteiger partial charge is 0.383 e. The van der Waals surface area contributed by atoms with Crippen LogP contribution >= 0.6 is 0 Å². The average molecular weight is 236 g/mol. The molecule has 96 valence electrons. The summed E-state index contributed by atoms with van der Waals surface area (Å²) in [6.45, 7) is 5.27. The van der Waals surface area contributed by atoms with E-state index in [0.717, 1.165) is 19.4 Å². The van der Waals surface area contributed by atoms with Gasteiger partial charge in [0.05, 0.1) is 12.6 Å². The fraction of sp³-hybridized carbons (Fsp3) is 0.714. The first-order valence-corrected chi connectivity index (χ1v) is 6.59. The number of aromatic nitrogens is 1. The van der Waals surface area contributed by atoms with Gasteiger partial charge in [-0.15, -0.1) is 0 Å². The summed E-state index contributed by atoms with van der Waals surface area (Å²) in [5.74, 6) is 0.574. The number of hydrogen-bond donors (Lipinski definition) is 1. The average Bonchev–Trinajstić information content (AvgIpc) is 2.70. The van der Waals surface area contributed by atoms with Gasteiger partial charge in [0.1, 0.15) is 0 Å². The van der Waals surface area contributed by atoms with E-state index < -0.39 is 0 Å². The van der Waals surface area contributed by atoms with E-state index in [9.17, 15) is 0 Å². The molecule has 0 radical (unpaired) electrons. The first-order valence-electron chi connectivity index (χ1n) is 6.59. The molecule has 1 aliphatic carbocycles. The Hall–Kier alpha value is -0.800. The summed E-state index contributed by atoms with van der Waals surface area (Å²) in [5.41, 5.74) is 8.94. The molecular formula is C14H24N2O. The maximum atomic E-state index is 6.17. The van der Waals surface area contributed by atoms with Crippen molar-refractivity contribution in [2.24, 2.45) is 11.7 Å². The maximum absolute atomic E-state index is 6.17. The minimum absolute atomic E-state index is 0.232. The fourth-order valence-electron chi connectivity index (χ4n) is 2.83. The summed E-state index contributed by atoms with van der Waals surface area (Å²) in [6.07, 6.45) is 5.67. The molecule has 1 heterocycles. The molecule has 0 bridgehead atoms. The molecule has 0 aromatic carbocycles. The summed E-state index contributed by atoms with van der Waals surface area (Å²) >= 11 is 0. The van der Waals surface area contributed by atoms with Crippen LogP contribution in [-0.2, 0) is 11.2 Å². The lowest BCUT2D eigenvalue weighted by Crippen LogP contribution is -2.24. The third kappa shape index (κ3) is 2.40. The van der Waals surface area contributed by atoms with Crippen molar-refractivity contribution in [2.45, 2.75) is 45.2 Å². The highest BCUT2D eigenvalue weighted by Gasteiger charge is 2.24. The van der Waals surface area contributed by atoms with Crippen molar-refractivity contribution in [3.63, 3.8) is 0 Å². The summed E-state index contributed by atoms with van der Waals surface area (Å²) in [6, 6.07) is 2.86. The van der Waals surface area contributed by atoms with Gasteiger partial charge in [-0.2, -0.15) is 0 Å². The molecule has 3 nitrogen and oxygen atoms in total. The smallest absolute Gasteiger partial charge is 0.0672 e. The van der Waals surface area contributed by atoms with Crippen LogP contribution in [0.15, 0.2) is 12.3 Å². The van der Waals surface area contributed by atoms with Gasteiger partial charge >= 0.3 is 0 Å². The van der Waals surface area contributed by atoms with Crippen LogP contribution in [0.2, 0.25) is 0 Å². The zero-order chi connectivity index (χ0) is 12.4. The van der Waals surface area contributed by atoms with Crippen molar-refractivity contribution in [1.29, 1.82) is 0 Å². The summed E-state index contributed by atoms with van der Waals surface area (Å²) < 4.78 is 7.75. The Balaban J connectivity index is 2.31. The number of hydrogen-bond acceptors (Lipinski definition) is 2. The molecule has 2 N–H and O–H groups in total. The number of nitrogens with zero attached hydrogens (tertiary/aromatic N) is 1. The molecule has 17 heavy (non-hydrogen) atoms. The zero-order valence-electron chi connectivity index (χ0n) is 11.1. The molecule has 3 heteroatoms. The Labute approximate surface area is 104 Å². The maximum Gasteiger partial charge on any atom is 0.0672 e.